The van der Waals surface area contributed by atoms with Crippen molar-refractivity contribution in [2.24, 2.45) is 0 Å². The van der Waals surface area contributed by atoms with Crippen LogP contribution in [0.4, 0.5) is 5.69 Å². The SMILES string of the molecule is N#CC=Cc1ccc(NC(=O)CCl)cc1. The molecule has 1 N–H and O–H groups in total. The zero-order valence-corrected chi connectivity index (χ0v) is 8.66. The van der Waals surface area contributed by atoms with Crippen LogP contribution in [0.5, 0.6) is 0 Å². The van der Waals surface area contributed by atoms with Crippen molar-refractivity contribution < 1.29 is 4.79 Å². The smallest absolute Gasteiger partial charge is 0.239 e. The summed E-state index contributed by atoms with van der Waals surface area (Å²) in [6, 6.07) is 9.01. The van der Waals surface area contributed by atoms with Gasteiger partial charge in [0.25, 0.3) is 0 Å². The van der Waals surface area contributed by atoms with E-state index >= 15 is 0 Å². The van der Waals surface area contributed by atoms with Gasteiger partial charge < -0.3 is 5.32 Å². The normalized spacial score (nSPS) is 9.87. The van der Waals surface area contributed by atoms with E-state index in [1.807, 2.05) is 6.07 Å². The van der Waals surface area contributed by atoms with Gasteiger partial charge >= 0.3 is 0 Å². The van der Waals surface area contributed by atoms with Crippen LogP contribution in [0.25, 0.3) is 6.08 Å². The van der Waals surface area contributed by atoms with Gasteiger partial charge in [-0.25, -0.2) is 0 Å². The minimum Gasteiger partial charge on any atom is -0.325 e. The van der Waals surface area contributed by atoms with E-state index in [1.54, 1.807) is 30.3 Å². The van der Waals surface area contributed by atoms with Crippen LogP contribution >= 0.6 is 11.6 Å². The lowest BCUT2D eigenvalue weighted by Crippen LogP contribution is -2.12. The van der Waals surface area contributed by atoms with Crippen LogP contribution in [0.3, 0.4) is 0 Å². The number of carbonyl (C=O) groups excluding carboxylic acids is 1. The Morgan fingerprint density at radius 1 is 1.47 bits per heavy atom. The van der Waals surface area contributed by atoms with Crippen molar-refractivity contribution in [2.45, 2.75) is 0 Å². The summed E-state index contributed by atoms with van der Waals surface area (Å²) < 4.78 is 0. The maximum absolute atomic E-state index is 10.9. The van der Waals surface area contributed by atoms with E-state index in [4.69, 9.17) is 16.9 Å². The summed E-state index contributed by atoms with van der Waals surface area (Å²) in [5.74, 6) is -0.298. The van der Waals surface area contributed by atoms with Gasteiger partial charge in [-0.1, -0.05) is 12.1 Å². The Balaban J connectivity index is 2.69. The topological polar surface area (TPSA) is 52.9 Å². The van der Waals surface area contributed by atoms with Crippen LogP contribution in [-0.4, -0.2) is 11.8 Å². The average molecular weight is 221 g/mol. The minimum atomic E-state index is -0.239. The first-order valence-electron chi connectivity index (χ1n) is 4.28. The first-order valence-corrected chi connectivity index (χ1v) is 4.82. The fraction of sp³-hybridized carbons (Fsp3) is 0.0909. The highest BCUT2D eigenvalue weighted by Crippen LogP contribution is 2.10. The molecule has 0 aliphatic heterocycles. The number of rotatable bonds is 3. The van der Waals surface area contributed by atoms with Crippen molar-refractivity contribution in [3.05, 3.63) is 35.9 Å². The number of nitrogens with zero attached hydrogens (tertiary/aromatic N) is 1. The molecule has 0 fully saturated rings. The molecule has 0 unspecified atom stereocenters. The molecular weight excluding hydrogens is 212 g/mol. The van der Waals surface area contributed by atoms with Crippen LogP contribution in [0.1, 0.15) is 5.56 Å². The van der Waals surface area contributed by atoms with E-state index in [0.717, 1.165) is 5.56 Å². The van der Waals surface area contributed by atoms with Gasteiger partial charge in [0.05, 0.1) is 6.07 Å². The van der Waals surface area contributed by atoms with Crippen molar-refractivity contribution in [1.29, 1.82) is 5.26 Å². The molecule has 0 heterocycles. The molecule has 0 saturated carbocycles. The third-order valence-electron chi connectivity index (χ3n) is 1.67. The zero-order valence-electron chi connectivity index (χ0n) is 7.90. The lowest BCUT2D eigenvalue weighted by atomic mass is 10.2. The number of nitriles is 1. The molecule has 0 aliphatic carbocycles. The number of alkyl halides is 1. The van der Waals surface area contributed by atoms with E-state index in [9.17, 15) is 4.79 Å². The Kier molecular flexibility index (Phi) is 4.39. The number of nitrogens with one attached hydrogen (secondary N) is 1. The molecule has 0 atom stereocenters. The van der Waals surface area contributed by atoms with E-state index in [1.165, 1.54) is 6.08 Å². The molecule has 0 saturated heterocycles. The summed E-state index contributed by atoms with van der Waals surface area (Å²) in [5.41, 5.74) is 1.59. The second kappa shape index (κ2) is 5.84. The van der Waals surface area contributed by atoms with Gasteiger partial charge in [0, 0.05) is 11.8 Å². The molecule has 15 heavy (non-hydrogen) atoms. The van der Waals surface area contributed by atoms with Gasteiger partial charge in [-0.3, -0.25) is 4.79 Å². The molecule has 1 aromatic rings. The highest BCUT2D eigenvalue weighted by Gasteiger charge is 1.98. The highest BCUT2D eigenvalue weighted by atomic mass is 35.5. The average Bonchev–Trinajstić information content (AvgIpc) is 2.28. The first-order chi connectivity index (χ1) is 7.26. The number of hydrogen-bond donors (Lipinski definition) is 1. The monoisotopic (exact) mass is 220 g/mol. The van der Waals surface area contributed by atoms with Crippen molar-refractivity contribution in [2.75, 3.05) is 11.2 Å². The van der Waals surface area contributed by atoms with E-state index in [-0.39, 0.29) is 11.8 Å². The quantitative estimate of drug-likeness (QED) is 0.628. The fourth-order valence-corrected chi connectivity index (χ4v) is 1.07. The van der Waals surface area contributed by atoms with Gasteiger partial charge in [-0.2, -0.15) is 5.26 Å². The van der Waals surface area contributed by atoms with Crippen molar-refractivity contribution in [3.63, 3.8) is 0 Å². The number of amides is 1. The van der Waals surface area contributed by atoms with Crippen molar-refractivity contribution in [3.8, 4) is 6.07 Å². The van der Waals surface area contributed by atoms with Crippen molar-refractivity contribution >= 4 is 29.3 Å². The molecule has 4 heteroatoms. The van der Waals surface area contributed by atoms with Crippen LogP contribution < -0.4 is 5.32 Å². The highest BCUT2D eigenvalue weighted by molar-refractivity contribution is 6.29. The molecule has 0 radical (unpaired) electrons. The summed E-state index contributed by atoms with van der Waals surface area (Å²) in [4.78, 5) is 10.9. The van der Waals surface area contributed by atoms with Gasteiger partial charge in [-0.15, -0.1) is 11.6 Å². The number of hydrogen-bond acceptors (Lipinski definition) is 2. The summed E-state index contributed by atoms with van der Waals surface area (Å²) >= 11 is 5.34. The molecule has 76 valence electrons. The number of halogens is 1. The third kappa shape index (κ3) is 3.84. The molecule has 0 aromatic heterocycles. The number of benzene rings is 1. The Morgan fingerprint density at radius 2 is 2.13 bits per heavy atom. The molecule has 1 aromatic carbocycles. The number of carbonyl (C=O) groups is 1. The molecule has 1 amide bonds. The van der Waals surface area contributed by atoms with Crippen LogP contribution in [0.15, 0.2) is 30.3 Å². The van der Waals surface area contributed by atoms with E-state index in [2.05, 4.69) is 5.32 Å². The van der Waals surface area contributed by atoms with Gasteiger partial charge in [-0.05, 0) is 23.8 Å². The van der Waals surface area contributed by atoms with Crippen LogP contribution in [-0.2, 0) is 4.79 Å². The van der Waals surface area contributed by atoms with Gasteiger partial charge in [0.2, 0.25) is 5.91 Å². The maximum Gasteiger partial charge on any atom is 0.239 e. The summed E-state index contributed by atoms with van der Waals surface area (Å²) in [6.07, 6.45) is 3.08. The Labute approximate surface area is 93.0 Å². The van der Waals surface area contributed by atoms with Crippen LogP contribution in [0.2, 0.25) is 0 Å². The summed E-state index contributed by atoms with van der Waals surface area (Å²) in [7, 11) is 0. The van der Waals surface area contributed by atoms with E-state index in [0.29, 0.717) is 5.69 Å². The third-order valence-corrected chi connectivity index (χ3v) is 1.91. The second-order valence-electron chi connectivity index (χ2n) is 2.77. The first kappa shape index (κ1) is 11.3. The maximum atomic E-state index is 10.9. The molecule has 3 nitrogen and oxygen atoms in total. The second-order valence-corrected chi connectivity index (χ2v) is 3.03. The Morgan fingerprint density at radius 3 is 2.67 bits per heavy atom. The Bertz CT molecular complexity index is 404. The summed E-state index contributed by atoms with van der Waals surface area (Å²) in [6.45, 7) is 0. The zero-order chi connectivity index (χ0) is 11.1. The van der Waals surface area contributed by atoms with E-state index < -0.39 is 0 Å². The molecule has 0 bridgehead atoms. The van der Waals surface area contributed by atoms with Gasteiger partial charge in [0.15, 0.2) is 0 Å². The predicted molar refractivity (Wildman–Crippen MR) is 60.4 cm³/mol. The molecule has 0 aliphatic rings. The van der Waals surface area contributed by atoms with Gasteiger partial charge in [0.1, 0.15) is 5.88 Å². The molecular formula is C11H9ClN2O. The lowest BCUT2D eigenvalue weighted by Gasteiger charge is -2.02. The largest absolute Gasteiger partial charge is 0.325 e. The minimum absolute atomic E-state index is 0.0594. The van der Waals surface area contributed by atoms with Crippen LogP contribution in [0, 0.1) is 11.3 Å². The standard InChI is InChI=1S/C11H9ClN2O/c12-8-11(15)14-10-5-3-9(4-6-10)2-1-7-13/h1-6H,8H2,(H,14,15). The summed E-state index contributed by atoms with van der Waals surface area (Å²) in [5, 5.41) is 10.9. The number of allylic oxidation sites excluding steroid dienone is 1. The van der Waals surface area contributed by atoms with Crippen molar-refractivity contribution in [1.82, 2.24) is 0 Å². The predicted octanol–water partition coefficient (Wildman–Crippen LogP) is 2.40. The molecule has 0 spiro atoms. The Hall–Kier alpha value is -1.79. The fourth-order valence-electron chi connectivity index (χ4n) is 1.01. The number of anilines is 1. The lowest BCUT2D eigenvalue weighted by molar-refractivity contribution is -0.113. The molecule has 1 rings (SSSR count).